The summed E-state index contributed by atoms with van der Waals surface area (Å²) in [5.41, 5.74) is 0.990. The molecule has 2 heterocycles. The predicted octanol–water partition coefficient (Wildman–Crippen LogP) is 2.43. The Kier molecular flexibility index (Phi) is 4.99. The normalized spacial score (nSPS) is 11.1. The lowest BCUT2D eigenvalue weighted by Gasteiger charge is -2.06. The van der Waals surface area contributed by atoms with E-state index in [9.17, 15) is 9.59 Å². The number of hydrogen-bond donors (Lipinski definition) is 1. The summed E-state index contributed by atoms with van der Waals surface area (Å²) in [6.45, 7) is 0.710. The van der Waals surface area contributed by atoms with Gasteiger partial charge in [-0.15, -0.1) is 0 Å². The maximum absolute atomic E-state index is 12.2. The van der Waals surface area contributed by atoms with E-state index < -0.39 is 0 Å². The highest BCUT2D eigenvalue weighted by Crippen LogP contribution is 2.13. The molecule has 0 radical (unpaired) electrons. The van der Waals surface area contributed by atoms with E-state index >= 15 is 0 Å². The van der Waals surface area contributed by atoms with Crippen molar-refractivity contribution in [3.8, 4) is 5.75 Å². The zero-order valence-electron chi connectivity index (χ0n) is 13.8. The molecule has 0 aliphatic heterocycles. The van der Waals surface area contributed by atoms with Crippen LogP contribution in [0.3, 0.4) is 0 Å². The van der Waals surface area contributed by atoms with Crippen LogP contribution in [0.4, 0.5) is 0 Å². The van der Waals surface area contributed by atoms with E-state index in [0.29, 0.717) is 18.7 Å². The maximum Gasteiger partial charge on any atom is 0.294 e. The molecule has 6 nitrogen and oxygen atoms in total. The first-order valence-electron chi connectivity index (χ1n) is 7.84. The van der Waals surface area contributed by atoms with E-state index in [1.54, 1.807) is 25.4 Å². The number of methoxy groups -OCH3 is 1. The van der Waals surface area contributed by atoms with Gasteiger partial charge in [0, 0.05) is 30.7 Å². The molecular formula is C19H18N2O4. The standard InChI is InChI=1S/C19H18N2O4/c1-24-16-4-2-3-14(13-16)5-6-17(22)20-9-11-21-10-7-15-8-12-25-18(15)19(21)23/h2-8,10,12-13H,9,11H2,1H3,(H,20,22). The molecule has 0 bridgehead atoms. The topological polar surface area (TPSA) is 73.5 Å². The highest BCUT2D eigenvalue weighted by atomic mass is 16.5. The van der Waals surface area contributed by atoms with Crippen molar-refractivity contribution in [1.82, 2.24) is 9.88 Å². The van der Waals surface area contributed by atoms with Gasteiger partial charge in [-0.2, -0.15) is 0 Å². The number of furan rings is 1. The van der Waals surface area contributed by atoms with Crippen molar-refractivity contribution in [3.63, 3.8) is 0 Å². The number of hydrogen-bond acceptors (Lipinski definition) is 4. The molecule has 0 atom stereocenters. The van der Waals surface area contributed by atoms with Crippen molar-refractivity contribution < 1.29 is 13.9 Å². The Morgan fingerprint density at radius 2 is 2.20 bits per heavy atom. The van der Waals surface area contributed by atoms with Crippen molar-refractivity contribution >= 4 is 23.0 Å². The summed E-state index contributed by atoms with van der Waals surface area (Å²) in [7, 11) is 1.59. The van der Waals surface area contributed by atoms with Gasteiger partial charge >= 0.3 is 0 Å². The zero-order chi connectivity index (χ0) is 17.6. The summed E-state index contributed by atoms with van der Waals surface area (Å²) in [5.74, 6) is 0.505. The number of amides is 1. The Labute approximate surface area is 144 Å². The van der Waals surface area contributed by atoms with Gasteiger partial charge in [0.05, 0.1) is 13.4 Å². The summed E-state index contributed by atoms with van der Waals surface area (Å²) in [6, 6.07) is 11.0. The Balaban J connectivity index is 1.55. The highest BCUT2D eigenvalue weighted by Gasteiger charge is 2.05. The van der Waals surface area contributed by atoms with E-state index in [-0.39, 0.29) is 11.5 Å². The number of nitrogens with zero attached hydrogens (tertiary/aromatic N) is 1. The molecule has 1 amide bonds. The van der Waals surface area contributed by atoms with Gasteiger partial charge in [-0.25, -0.2) is 0 Å². The van der Waals surface area contributed by atoms with Crippen LogP contribution in [0.5, 0.6) is 5.75 Å². The lowest BCUT2D eigenvalue weighted by molar-refractivity contribution is -0.116. The highest BCUT2D eigenvalue weighted by molar-refractivity contribution is 5.91. The van der Waals surface area contributed by atoms with Crippen molar-refractivity contribution in [1.29, 1.82) is 0 Å². The third-order valence-corrected chi connectivity index (χ3v) is 3.76. The van der Waals surface area contributed by atoms with Gasteiger partial charge in [-0.05, 0) is 35.9 Å². The summed E-state index contributed by atoms with van der Waals surface area (Å²) in [4.78, 5) is 24.0. The van der Waals surface area contributed by atoms with Crippen LogP contribution in [-0.2, 0) is 11.3 Å². The number of carbonyl (C=O) groups is 1. The first kappa shape index (κ1) is 16.6. The van der Waals surface area contributed by atoms with Crippen molar-refractivity contribution in [2.45, 2.75) is 6.54 Å². The molecule has 3 rings (SSSR count). The van der Waals surface area contributed by atoms with Crippen LogP contribution in [0, 0.1) is 0 Å². The third-order valence-electron chi connectivity index (χ3n) is 3.76. The van der Waals surface area contributed by atoms with Gasteiger partial charge in [0.1, 0.15) is 5.75 Å². The van der Waals surface area contributed by atoms with Gasteiger partial charge in [-0.3, -0.25) is 9.59 Å². The zero-order valence-corrected chi connectivity index (χ0v) is 13.8. The molecule has 25 heavy (non-hydrogen) atoms. The monoisotopic (exact) mass is 338 g/mol. The quantitative estimate of drug-likeness (QED) is 0.701. The SMILES string of the molecule is COc1cccc(C=CC(=O)NCCn2ccc3ccoc3c2=O)c1. The van der Waals surface area contributed by atoms with Crippen LogP contribution in [0.1, 0.15) is 5.56 Å². The fraction of sp³-hybridized carbons (Fsp3) is 0.158. The molecule has 0 aliphatic carbocycles. The second-order valence-corrected chi connectivity index (χ2v) is 5.42. The van der Waals surface area contributed by atoms with E-state index in [4.69, 9.17) is 9.15 Å². The molecule has 128 valence electrons. The maximum atomic E-state index is 12.2. The molecule has 6 heteroatoms. The second kappa shape index (κ2) is 7.53. The fourth-order valence-corrected chi connectivity index (χ4v) is 2.44. The molecule has 0 saturated carbocycles. The molecule has 1 aromatic carbocycles. The number of fused-ring (bicyclic) bond motifs is 1. The van der Waals surface area contributed by atoms with E-state index in [2.05, 4.69) is 5.32 Å². The van der Waals surface area contributed by atoms with E-state index in [1.165, 1.54) is 16.9 Å². The second-order valence-electron chi connectivity index (χ2n) is 5.42. The third kappa shape index (κ3) is 3.98. The van der Waals surface area contributed by atoms with Gasteiger partial charge in [0.15, 0.2) is 5.58 Å². The Morgan fingerprint density at radius 3 is 3.04 bits per heavy atom. The van der Waals surface area contributed by atoms with Gasteiger partial charge in [0.25, 0.3) is 5.56 Å². The number of carbonyl (C=O) groups excluding carboxylic acids is 1. The van der Waals surface area contributed by atoms with E-state index in [1.807, 2.05) is 30.3 Å². The molecule has 2 aromatic heterocycles. The smallest absolute Gasteiger partial charge is 0.294 e. The van der Waals surface area contributed by atoms with Crippen LogP contribution >= 0.6 is 0 Å². The van der Waals surface area contributed by atoms with Crippen LogP contribution in [-0.4, -0.2) is 24.1 Å². The first-order chi connectivity index (χ1) is 12.2. The van der Waals surface area contributed by atoms with Gasteiger partial charge in [0.2, 0.25) is 5.91 Å². The number of nitrogens with one attached hydrogen (secondary N) is 1. The van der Waals surface area contributed by atoms with E-state index in [0.717, 1.165) is 16.7 Å². The fourth-order valence-electron chi connectivity index (χ4n) is 2.44. The number of pyridine rings is 1. The minimum absolute atomic E-state index is 0.205. The lowest BCUT2D eigenvalue weighted by atomic mass is 10.2. The molecule has 0 saturated heterocycles. The number of ether oxygens (including phenoxy) is 1. The largest absolute Gasteiger partial charge is 0.497 e. The first-order valence-corrected chi connectivity index (χ1v) is 7.84. The molecule has 0 unspecified atom stereocenters. The molecule has 3 aromatic rings. The Hall–Kier alpha value is -3.28. The number of aromatic nitrogens is 1. The predicted molar refractivity (Wildman–Crippen MR) is 95.5 cm³/mol. The van der Waals surface area contributed by atoms with Crippen molar-refractivity contribution in [3.05, 3.63) is 70.9 Å². The summed E-state index contributed by atoms with van der Waals surface area (Å²) >= 11 is 0. The van der Waals surface area contributed by atoms with Crippen LogP contribution in [0.15, 0.2) is 64.1 Å². The van der Waals surface area contributed by atoms with Crippen LogP contribution in [0.25, 0.3) is 17.0 Å². The minimum atomic E-state index is -0.227. The van der Waals surface area contributed by atoms with Gasteiger partial charge < -0.3 is 19.0 Å². The number of benzene rings is 1. The minimum Gasteiger partial charge on any atom is -0.497 e. The average Bonchev–Trinajstić information content (AvgIpc) is 3.12. The van der Waals surface area contributed by atoms with Gasteiger partial charge in [-0.1, -0.05) is 12.1 Å². The summed E-state index contributed by atoms with van der Waals surface area (Å²) in [5, 5.41) is 3.52. The average molecular weight is 338 g/mol. The lowest BCUT2D eigenvalue weighted by Crippen LogP contribution is -2.29. The summed E-state index contributed by atoms with van der Waals surface area (Å²) in [6.07, 6.45) is 6.34. The summed E-state index contributed by atoms with van der Waals surface area (Å²) < 4.78 is 11.8. The Morgan fingerprint density at radius 1 is 1.32 bits per heavy atom. The Bertz CT molecular complexity index is 969. The molecule has 0 spiro atoms. The van der Waals surface area contributed by atoms with Crippen LogP contribution in [0.2, 0.25) is 0 Å². The molecule has 0 fully saturated rings. The van der Waals surface area contributed by atoms with Crippen LogP contribution < -0.4 is 15.6 Å². The molecule has 1 N–H and O–H groups in total. The van der Waals surface area contributed by atoms with Crippen molar-refractivity contribution in [2.24, 2.45) is 0 Å². The molecular weight excluding hydrogens is 320 g/mol. The van der Waals surface area contributed by atoms with Crippen molar-refractivity contribution in [2.75, 3.05) is 13.7 Å². The molecule has 0 aliphatic rings. The number of rotatable bonds is 6.